The van der Waals surface area contributed by atoms with E-state index in [0.717, 1.165) is 7.11 Å². The van der Waals surface area contributed by atoms with Crippen molar-refractivity contribution in [3.8, 4) is 23.0 Å². The smallest absolute Gasteiger partial charge is 0.465 e. The molecule has 0 fully saturated rings. The molecule has 0 bridgehead atoms. The highest BCUT2D eigenvalue weighted by atomic mass is 35.5. The molecule has 188 valence electrons. The van der Waals surface area contributed by atoms with Crippen molar-refractivity contribution in [1.29, 1.82) is 0 Å². The first-order valence-corrected chi connectivity index (χ1v) is 8.63. The van der Waals surface area contributed by atoms with Gasteiger partial charge in [-0.05, 0) is 12.1 Å². The van der Waals surface area contributed by atoms with Gasteiger partial charge < -0.3 is 49.6 Å². The molecule has 0 atom stereocenters. The molecular weight excluding hydrogens is 511 g/mol. The molecule has 17 heteroatoms. The largest absolute Gasteiger partial charge is 0.573 e. The Labute approximate surface area is 189 Å². The van der Waals surface area contributed by atoms with Crippen LogP contribution in [-0.4, -0.2) is 56.2 Å². The molecule has 6 N–H and O–H groups in total. The molecule has 0 aliphatic carbocycles. The first kappa shape index (κ1) is 27.3. The highest BCUT2D eigenvalue weighted by Gasteiger charge is 2.38. The number of benzene rings is 2. The molecule has 0 saturated heterocycles. The van der Waals surface area contributed by atoms with E-state index < -0.39 is 75.2 Å². The van der Waals surface area contributed by atoms with Gasteiger partial charge in [0.15, 0.2) is 17.3 Å². The lowest BCUT2D eigenvalue weighted by Gasteiger charge is -2.22. The van der Waals surface area contributed by atoms with Crippen molar-refractivity contribution in [2.45, 2.75) is 18.5 Å². The van der Waals surface area contributed by atoms with Gasteiger partial charge in [-0.15, -0.1) is 13.2 Å². The van der Waals surface area contributed by atoms with Crippen molar-refractivity contribution in [2.75, 3.05) is 7.11 Å². The van der Waals surface area contributed by atoms with Crippen LogP contribution < -0.4 is 14.2 Å². The predicted octanol–water partition coefficient (Wildman–Crippen LogP) is 1.15. The van der Waals surface area contributed by atoms with E-state index in [9.17, 15) is 42.1 Å². The van der Waals surface area contributed by atoms with Gasteiger partial charge in [0.2, 0.25) is 11.6 Å². The Kier molecular flexibility index (Phi) is 7.48. The van der Waals surface area contributed by atoms with Crippen LogP contribution in [0.25, 0.3) is 0 Å². The molecule has 2 aromatic rings. The van der Waals surface area contributed by atoms with Crippen LogP contribution in [-0.2, 0) is 10.7 Å². The number of alkyl halides is 3. The highest BCUT2D eigenvalue weighted by molar-refractivity contribution is 6.31. The maximum absolute atomic E-state index is 14.8. The van der Waals surface area contributed by atoms with E-state index in [1.807, 2.05) is 0 Å². The van der Waals surface area contributed by atoms with Crippen LogP contribution in [0.15, 0.2) is 18.2 Å². The number of hydrogen-bond acceptors (Lipinski definition) is 11. The molecule has 11 nitrogen and oxygen atoms in total. The fraction of sp³-hybridized carbons (Fsp3) is 0.235. The summed E-state index contributed by atoms with van der Waals surface area (Å²) in [4.78, 5) is 12.0. The second-order valence-corrected chi connectivity index (χ2v) is 6.49. The Bertz CT molecular complexity index is 1090. The number of aliphatic hydroxyl groups is 6. The van der Waals surface area contributed by atoms with Crippen molar-refractivity contribution in [1.82, 2.24) is 0 Å². The fourth-order valence-corrected chi connectivity index (χ4v) is 2.74. The van der Waals surface area contributed by atoms with Crippen molar-refractivity contribution in [2.24, 2.45) is 0 Å². The molecule has 2 aromatic carbocycles. The van der Waals surface area contributed by atoms with Gasteiger partial charge in [-0.3, -0.25) is 0 Å². The van der Waals surface area contributed by atoms with Gasteiger partial charge in [-0.1, -0.05) is 11.6 Å². The quantitative estimate of drug-likeness (QED) is 0.175. The number of hydrogen-bond donors (Lipinski definition) is 6. The minimum Gasteiger partial charge on any atom is -0.465 e. The van der Waals surface area contributed by atoms with E-state index in [0.29, 0.717) is 18.2 Å². The third kappa shape index (κ3) is 6.32. The zero-order valence-corrected chi connectivity index (χ0v) is 17.0. The molecule has 0 spiro atoms. The van der Waals surface area contributed by atoms with E-state index in [1.54, 1.807) is 0 Å². The van der Waals surface area contributed by atoms with E-state index >= 15 is 0 Å². The topological polar surface area (TPSA) is 175 Å². The Morgan fingerprint density at radius 3 is 1.94 bits per heavy atom. The van der Waals surface area contributed by atoms with Gasteiger partial charge in [0, 0.05) is 6.07 Å². The number of carbonyl (C=O) groups is 1. The summed E-state index contributed by atoms with van der Waals surface area (Å²) < 4.78 is 83.4. The average molecular weight is 523 g/mol. The normalized spacial score (nSPS) is 12.4. The summed E-state index contributed by atoms with van der Waals surface area (Å²) in [6.07, 6.45) is -9.61. The van der Waals surface area contributed by atoms with Gasteiger partial charge in [-0.25, -0.2) is 9.18 Å². The number of methoxy groups -OCH3 is 1. The second-order valence-electron chi connectivity index (χ2n) is 6.08. The molecule has 0 aromatic heterocycles. The van der Waals surface area contributed by atoms with Crippen molar-refractivity contribution in [3.05, 3.63) is 46.0 Å². The first-order chi connectivity index (χ1) is 15.4. The van der Waals surface area contributed by atoms with Gasteiger partial charge in [0.25, 0.3) is 0 Å². The second kappa shape index (κ2) is 9.34. The van der Waals surface area contributed by atoms with Gasteiger partial charge in [-0.2, -0.15) is 4.39 Å². The Balaban J connectivity index is 2.74. The third-order valence-corrected chi connectivity index (χ3v) is 3.92. The molecule has 34 heavy (non-hydrogen) atoms. The SMILES string of the molecule is COC(=O)c1c(Oc2ccc(OC(F)(F)F)c(F)c2OC(O)(O)O)cc(Cl)c(C(O)(O)O)c1F. The maximum atomic E-state index is 14.8. The van der Waals surface area contributed by atoms with E-state index in [1.165, 1.54) is 0 Å². The molecule has 0 saturated carbocycles. The molecule has 0 radical (unpaired) electrons. The molecule has 0 amide bonds. The number of carbonyl (C=O) groups excluding carboxylic acids is 1. The number of halogens is 6. The zero-order valence-electron chi connectivity index (χ0n) is 16.2. The Hall–Kier alpha value is -2.99. The minimum atomic E-state index is -5.43. The average Bonchev–Trinajstić information content (AvgIpc) is 2.63. The first-order valence-electron chi connectivity index (χ1n) is 8.25. The monoisotopic (exact) mass is 522 g/mol. The Morgan fingerprint density at radius 2 is 1.47 bits per heavy atom. The molecule has 2 rings (SSSR count). The number of esters is 1. The third-order valence-electron chi connectivity index (χ3n) is 3.62. The van der Waals surface area contributed by atoms with Gasteiger partial charge in [0.1, 0.15) is 11.3 Å². The van der Waals surface area contributed by atoms with Crippen LogP contribution >= 0.6 is 11.6 Å². The number of rotatable bonds is 7. The Morgan fingerprint density at radius 1 is 0.912 bits per heavy atom. The van der Waals surface area contributed by atoms with E-state index in [2.05, 4.69) is 14.2 Å². The lowest BCUT2D eigenvalue weighted by Crippen LogP contribution is -2.35. The van der Waals surface area contributed by atoms with Crippen LogP contribution in [0, 0.1) is 11.6 Å². The lowest BCUT2D eigenvalue weighted by atomic mass is 10.1. The van der Waals surface area contributed by atoms with Crippen LogP contribution in [0.5, 0.6) is 23.0 Å². The lowest BCUT2D eigenvalue weighted by molar-refractivity contribution is -0.420. The van der Waals surface area contributed by atoms with Crippen molar-refractivity contribution in [3.63, 3.8) is 0 Å². The summed E-state index contributed by atoms with van der Waals surface area (Å²) in [7, 11) is 0.735. The van der Waals surface area contributed by atoms with Crippen LogP contribution in [0.1, 0.15) is 15.9 Å². The minimum absolute atomic E-state index is 0.295. The summed E-state index contributed by atoms with van der Waals surface area (Å²) in [5, 5.41) is 53.7. The summed E-state index contributed by atoms with van der Waals surface area (Å²) in [5.41, 5.74) is -2.74. The molecule has 0 aliphatic heterocycles. The summed E-state index contributed by atoms with van der Waals surface area (Å²) >= 11 is 5.66. The van der Waals surface area contributed by atoms with Crippen molar-refractivity contribution < 1.29 is 76.3 Å². The van der Waals surface area contributed by atoms with Crippen LogP contribution in [0.4, 0.5) is 22.0 Å². The van der Waals surface area contributed by atoms with Crippen LogP contribution in [0.3, 0.4) is 0 Å². The number of ether oxygens (including phenoxy) is 4. The summed E-state index contributed by atoms with van der Waals surface area (Å²) in [6, 6.07) is 1.21. The molecule has 0 unspecified atom stereocenters. The molecular formula is C17H12ClF5O11. The van der Waals surface area contributed by atoms with Gasteiger partial charge >= 0.3 is 24.5 Å². The molecule has 0 heterocycles. The van der Waals surface area contributed by atoms with Crippen molar-refractivity contribution >= 4 is 17.6 Å². The van der Waals surface area contributed by atoms with E-state index in [-0.39, 0.29) is 0 Å². The zero-order chi connectivity index (χ0) is 26.2. The maximum Gasteiger partial charge on any atom is 0.573 e. The summed E-state index contributed by atoms with van der Waals surface area (Å²) in [6.45, 7) is 0. The highest BCUT2D eigenvalue weighted by Crippen LogP contribution is 2.44. The summed E-state index contributed by atoms with van der Waals surface area (Å²) in [5.74, 6) is -14.9. The van der Waals surface area contributed by atoms with E-state index in [4.69, 9.17) is 31.7 Å². The van der Waals surface area contributed by atoms with Gasteiger partial charge in [0.05, 0.1) is 17.7 Å². The molecule has 0 aliphatic rings. The predicted molar refractivity (Wildman–Crippen MR) is 94.3 cm³/mol. The fourth-order valence-electron chi connectivity index (χ4n) is 2.43. The standard InChI is InChI=1S/C17H12ClF5O11/c1-31-14(24)9-8(4-5(18)10(12(9)20)15(25,26)27)32-7-3-2-6(33-16(21,22)23)11(19)13(7)34-17(28,29)30/h2-4,25-30H,1H3. The van der Waals surface area contributed by atoms with Crippen LogP contribution in [0.2, 0.25) is 5.02 Å².